The summed E-state index contributed by atoms with van der Waals surface area (Å²) >= 11 is 0. The van der Waals surface area contributed by atoms with Crippen LogP contribution < -0.4 is 10.6 Å². The third-order valence-corrected chi connectivity index (χ3v) is 3.78. The van der Waals surface area contributed by atoms with Gasteiger partial charge in [-0.25, -0.2) is 0 Å². The largest absolute Gasteiger partial charge is 0.481 e. The standard InChI is InChI=1S/C12H20N2O3/c15-11(5-8-3-4-13-7-8)14-10-2-1-9(6-10)12(16)17/h8-10,13H,1-7H2,(H,14,15)(H,16,17). The fourth-order valence-corrected chi connectivity index (χ4v) is 2.77. The minimum absolute atomic E-state index is 0.0676. The Morgan fingerprint density at radius 2 is 2.12 bits per heavy atom. The van der Waals surface area contributed by atoms with Crippen molar-refractivity contribution < 1.29 is 14.7 Å². The molecule has 0 aromatic heterocycles. The second-order valence-electron chi connectivity index (χ2n) is 5.18. The Hall–Kier alpha value is -1.10. The SMILES string of the molecule is O=C(CC1CCNC1)NC1CCC(C(=O)O)C1. The molecule has 0 bridgehead atoms. The highest BCUT2D eigenvalue weighted by Gasteiger charge is 2.30. The van der Waals surface area contributed by atoms with Crippen LogP contribution >= 0.6 is 0 Å². The van der Waals surface area contributed by atoms with Crippen LogP contribution in [0.2, 0.25) is 0 Å². The third-order valence-electron chi connectivity index (χ3n) is 3.78. The maximum Gasteiger partial charge on any atom is 0.306 e. The second kappa shape index (κ2) is 5.49. The lowest BCUT2D eigenvalue weighted by atomic mass is 10.0. The van der Waals surface area contributed by atoms with Crippen LogP contribution in [0.15, 0.2) is 0 Å². The first-order valence-corrected chi connectivity index (χ1v) is 6.38. The molecule has 1 amide bonds. The van der Waals surface area contributed by atoms with Crippen LogP contribution in [-0.2, 0) is 9.59 Å². The van der Waals surface area contributed by atoms with Crippen molar-refractivity contribution in [3.8, 4) is 0 Å². The zero-order valence-corrected chi connectivity index (χ0v) is 9.95. The molecule has 0 aromatic rings. The van der Waals surface area contributed by atoms with Gasteiger partial charge in [0.1, 0.15) is 0 Å². The normalized spacial score (nSPS) is 32.6. The van der Waals surface area contributed by atoms with E-state index in [2.05, 4.69) is 10.6 Å². The molecule has 0 aromatic carbocycles. The molecular weight excluding hydrogens is 220 g/mol. The highest BCUT2D eigenvalue weighted by Crippen LogP contribution is 2.25. The highest BCUT2D eigenvalue weighted by molar-refractivity contribution is 5.77. The lowest BCUT2D eigenvalue weighted by Gasteiger charge is -2.14. The molecule has 96 valence electrons. The number of carboxylic acid groups (broad SMARTS) is 1. The van der Waals surface area contributed by atoms with Gasteiger partial charge < -0.3 is 15.7 Å². The van der Waals surface area contributed by atoms with E-state index in [1.54, 1.807) is 0 Å². The Morgan fingerprint density at radius 3 is 2.71 bits per heavy atom. The van der Waals surface area contributed by atoms with Crippen molar-refractivity contribution >= 4 is 11.9 Å². The van der Waals surface area contributed by atoms with Gasteiger partial charge in [-0.2, -0.15) is 0 Å². The van der Waals surface area contributed by atoms with Crippen LogP contribution in [0.3, 0.4) is 0 Å². The second-order valence-corrected chi connectivity index (χ2v) is 5.18. The number of amides is 1. The molecule has 3 N–H and O–H groups in total. The zero-order chi connectivity index (χ0) is 12.3. The van der Waals surface area contributed by atoms with Crippen LogP contribution in [0, 0.1) is 11.8 Å². The van der Waals surface area contributed by atoms with E-state index >= 15 is 0 Å². The Labute approximate surface area is 101 Å². The van der Waals surface area contributed by atoms with Crippen molar-refractivity contribution in [1.82, 2.24) is 10.6 Å². The number of rotatable bonds is 4. The van der Waals surface area contributed by atoms with Gasteiger partial charge in [-0.3, -0.25) is 9.59 Å². The Kier molecular flexibility index (Phi) is 3.99. The van der Waals surface area contributed by atoms with E-state index in [9.17, 15) is 9.59 Å². The minimum Gasteiger partial charge on any atom is -0.481 e. The van der Waals surface area contributed by atoms with Crippen LogP contribution in [0.25, 0.3) is 0 Å². The Balaban J connectivity index is 1.70. The van der Waals surface area contributed by atoms with E-state index in [1.807, 2.05) is 0 Å². The number of aliphatic carboxylic acids is 1. The summed E-state index contributed by atoms with van der Waals surface area (Å²) in [7, 11) is 0. The zero-order valence-electron chi connectivity index (χ0n) is 9.95. The molecule has 1 heterocycles. The molecule has 1 aliphatic carbocycles. The summed E-state index contributed by atoms with van der Waals surface area (Å²) in [6, 6.07) is 0.0676. The number of carboxylic acids is 1. The number of hydrogen-bond acceptors (Lipinski definition) is 3. The first-order valence-electron chi connectivity index (χ1n) is 6.38. The fourth-order valence-electron chi connectivity index (χ4n) is 2.77. The molecule has 17 heavy (non-hydrogen) atoms. The molecular formula is C12H20N2O3. The summed E-state index contributed by atoms with van der Waals surface area (Å²) in [6.45, 7) is 1.93. The topological polar surface area (TPSA) is 78.4 Å². The highest BCUT2D eigenvalue weighted by atomic mass is 16.4. The summed E-state index contributed by atoms with van der Waals surface area (Å²) in [5, 5.41) is 15.1. The predicted octanol–water partition coefficient (Wildman–Crippen LogP) is 0.355. The summed E-state index contributed by atoms with van der Waals surface area (Å²) in [6.07, 6.45) is 3.71. The van der Waals surface area contributed by atoms with E-state index in [4.69, 9.17) is 5.11 Å². The van der Waals surface area contributed by atoms with Crippen molar-refractivity contribution in [3.05, 3.63) is 0 Å². The quantitative estimate of drug-likeness (QED) is 0.663. The molecule has 0 spiro atoms. The van der Waals surface area contributed by atoms with Gasteiger partial charge in [0.2, 0.25) is 5.91 Å². The molecule has 1 saturated carbocycles. The summed E-state index contributed by atoms with van der Waals surface area (Å²) in [5.74, 6) is -0.475. The number of carbonyl (C=O) groups excluding carboxylic acids is 1. The molecule has 5 nitrogen and oxygen atoms in total. The Morgan fingerprint density at radius 1 is 1.29 bits per heavy atom. The van der Waals surface area contributed by atoms with Crippen LogP contribution in [0.4, 0.5) is 0 Å². The van der Waals surface area contributed by atoms with Gasteiger partial charge >= 0.3 is 5.97 Å². The predicted molar refractivity (Wildman–Crippen MR) is 62.5 cm³/mol. The first kappa shape index (κ1) is 12.4. The van der Waals surface area contributed by atoms with E-state index in [0.717, 1.165) is 25.9 Å². The average Bonchev–Trinajstić information content (AvgIpc) is 2.88. The van der Waals surface area contributed by atoms with Gasteiger partial charge in [0.05, 0.1) is 5.92 Å². The van der Waals surface area contributed by atoms with E-state index in [0.29, 0.717) is 25.2 Å². The van der Waals surface area contributed by atoms with E-state index in [1.165, 1.54) is 0 Å². The average molecular weight is 240 g/mol. The monoisotopic (exact) mass is 240 g/mol. The summed E-state index contributed by atoms with van der Waals surface area (Å²) in [4.78, 5) is 22.5. The van der Waals surface area contributed by atoms with Crippen molar-refractivity contribution in [2.24, 2.45) is 11.8 Å². The van der Waals surface area contributed by atoms with Gasteiger partial charge in [0.25, 0.3) is 0 Å². The lowest BCUT2D eigenvalue weighted by molar-refractivity contribution is -0.141. The molecule has 5 heteroatoms. The van der Waals surface area contributed by atoms with Gasteiger partial charge in [0, 0.05) is 12.5 Å². The third kappa shape index (κ3) is 3.43. The van der Waals surface area contributed by atoms with Crippen molar-refractivity contribution in [3.63, 3.8) is 0 Å². The minimum atomic E-state index is -0.734. The Bertz CT molecular complexity index is 300. The van der Waals surface area contributed by atoms with Crippen LogP contribution in [0.1, 0.15) is 32.1 Å². The van der Waals surface area contributed by atoms with Crippen molar-refractivity contribution in [1.29, 1.82) is 0 Å². The molecule has 3 atom stereocenters. The van der Waals surface area contributed by atoms with Gasteiger partial charge in [-0.15, -0.1) is 0 Å². The number of nitrogens with one attached hydrogen (secondary N) is 2. The van der Waals surface area contributed by atoms with Crippen molar-refractivity contribution in [2.75, 3.05) is 13.1 Å². The summed E-state index contributed by atoms with van der Waals surface area (Å²) < 4.78 is 0. The van der Waals surface area contributed by atoms with Crippen molar-refractivity contribution in [2.45, 2.75) is 38.1 Å². The lowest BCUT2D eigenvalue weighted by Crippen LogP contribution is -2.34. The molecule has 2 fully saturated rings. The molecule has 0 radical (unpaired) electrons. The maximum atomic E-state index is 11.7. The summed E-state index contributed by atoms with van der Waals surface area (Å²) in [5.41, 5.74) is 0. The maximum absolute atomic E-state index is 11.7. The van der Waals surface area contributed by atoms with Gasteiger partial charge in [-0.05, 0) is 44.7 Å². The smallest absolute Gasteiger partial charge is 0.306 e. The van der Waals surface area contributed by atoms with Gasteiger partial charge in [-0.1, -0.05) is 0 Å². The fraction of sp³-hybridized carbons (Fsp3) is 0.833. The molecule has 2 rings (SSSR count). The van der Waals surface area contributed by atoms with E-state index < -0.39 is 5.97 Å². The molecule has 2 aliphatic rings. The van der Waals surface area contributed by atoms with Crippen LogP contribution in [-0.4, -0.2) is 36.1 Å². The number of carbonyl (C=O) groups is 2. The molecule has 1 saturated heterocycles. The number of hydrogen-bond donors (Lipinski definition) is 3. The molecule has 1 aliphatic heterocycles. The van der Waals surface area contributed by atoms with Gasteiger partial charge in [0.15, 0.2) is 0 Å². The molecule has 3 unspecified atom stereocenters. The first-order chi connectivity index (χ1) is 8.15. The van der Waals surface area contributed by atoms with E-state index in [-0.39, 0.29) is 17.9 Å². The van der Waals surface area contributed by atoms with Crippen LogP contribution in [0.5, 0.6) is 0 Å².